The minimum atomic E-state index is -0.299. The number of thiazole rings is 1. The molecule has 1 amide bonds. The molecule has 5 rings (SSSR count). The third kappa shape index (κ3) is 5.11. The van der Waals surface area contributed by atoms with Gasteiger partial charge in [-0.2, -0.15) is 9.50 Å². The van der Waals surface area contributed by atoms with Crippen LogP contribution in [-0.4, -0.2) is 39.2 Å². The molecule has 11 heteroatoms. The van der Waals surface area contributed by atoms with Crippen molar-refractivity contribution in [3.63, 3.8) is 0 Å². The van der Waals surface area contributed by atoms with E-state index in [9.17, 15) is 9.59 Å². The number of ether oxygens (including phenoxy) is 2. The summed E-state index contributed by atoms with van der Waals surface area (Å²) in [4.78, 5) is 34.1. The van der Waals surface area contributed by atoms with Crippen LogP contribution in [-0.2, 0) is 4.79 Å². The number of hydrogen-bond donors (Lipinski definition) is 1. The highest BCUT2D eigenvalue weighted by molar-refractivity contribution is 9.10. The molecule has 0 bridgehead atoms. The summed E-state index contributed by atoms with van der Waals surface area (Å²) in [6.45, 7) is -0.187. The summed E-state index contributed by atoms with van der Waals surface area (Å²) in [6.07, 6.45) is 5.04. The van der Waals surface area contributed by atoms with Crippen molar-refractivity contribution in [1.29, 1.82) is 0 Å². The van der Waals surface area contributed by atoms with Gasteiger partial charge in [-0.15, -0.1) is 5.10 Å². The summed E-state index contributed by atoms with van der Waals surface area (Å²) in [6, 6.07) is 16.0. The second kappa shape index (κ2) is 10.3. The van der Waals surface area contributed by atoms with Crippen molar-refractivity contribution in [1.82, 2.24) is 19.6 Å². The Morgan fingerprint density at radius 1 is 1.11 bits per heavy atom. The maximum absolute atomic E-state index is 12.9. The summed E-state index contributed by atoms with van der Waals surface area (Å²) in [5.74, 6) is 1.02. The largest absolute Gasteiger partial charge is 0.493 e. The van der Waals surface area contributed by atoms with E-state index in [1.807, 2.05) is 12.1 Å². The van der Waals surface area contributed by atoms with E-state index in [1.165, 1.54) is 23.0 Å². The predicted molar refractivity (Wildman–Crippen MR) is 140 cm³/mol. The number of benzene rings is 2. The maximum Gasteiger partial charge on any atom is 0.291 e. The first-order chi connectivity index (χ1) is 17.5. The molecule has 0 atom stereocenters. The summed E-state index contributed by atoms with van der Waals surface area (Å²) >= 11 is 4.60. The molecule has 0 fully saturated rings. The number of pyridine rings is 1. The number of carbonyl (C=O) groups is 1. The molecule has 2 aromatic carbocycles. The molecule has 0 spiro atoms. The average molecular weight is 564 g/mol. The number of nitrogens with one attached hydrogen (secondary N) is 1. The van der Waals surface area contributed by atoms with Crippen LogP contribution in [0.5, 0.6) is 11.5 Å². The van der Waals surface area contributed by atoms with E-state index in [-0.39, 0.29) is 18.1 Å². The first-order valence-electron chi connectivity index (χ1n) is 10.7. The Morgan fingerprint density at radius 2 is 1.89 bits per heavy atom. The molecule has 1 N–H and O–H groups in total. The predicted octanol–water partition coefficient (Wildman–Crippen LogP) is 3.55. The molecule has 3 heterocycles. The molecular weight excluding hydrogens is 546 g/mol. The van der Waals surface area contributed by atoms with E-state index in [0.29, 0.717) is 32.5 Å². The van der Waals surface area contributed by atoms with Crippen LogP contribution < -0.4 is 24.9 Å². The number of methoxy groups -OCH3 is 1. The highest BCUT2D eigenvalue weighted by Gasteiger charge is 2.13. The fraction of sp³-hybridized carbons (Fsp3) is 0.0800. The van der Waals surface area contributed by atoms with Crippen LogP contribution in [0, 0.1) is 0 Å². The average Bonchev–Trinajstić information content (AvgIpc) is 3.44. The highest BCUT2D eigenvalue weighted by atomic mass is 79.9. The van der Waals surface area contributed by atoms with Crippen molar-refractivity contribution in [3.8, 4) is 22.9 Å². The lowest BCUT2D eigenvalue weighted by Crippen LogP contribution is -2.23. The van der Waals surface area contributed by atoms with Crippen molar-refractivity contribution in [3.05, 3.63) is 91.9 Å². The zero-order valence-electron chi connectivity index (χ0n) is 18.8. The Balaban J connectivity index is 1.32. The molecule has 0 aliphatic carbocycles. The van der Waals surface area contributed by atoms with Gasteiger partial charge >= 0.3 is 0 Å². The molecule has 0 aliphatic rings. The third-order valence-electron chi connectivity index (χ3n) is 5.09. The number of hydrogen-bond acceptors (Lipinski definition) is 8. The van der Waals surface area contributed by atoms with E-state index in [2.05, 4.69) is 36.3 Å². The first-order valence-corrected chi connectivity index (χ1v) is 12.3. The number of halogens is 1. The van der Waals surface area contributed by atoms with Gasteiger partial charge in [0.25, 0.3) is 11.5 Å². The standard InChI is InChI=1S/C25H18BrN5O4S/c1-34-20-12-15(2-7-19(20)35-14-22(32)28-18-5-3-17(26)4-6-18)13-21-24(33)31-25(36-21)29-23(30-31)16-8-10-27-11-9-16/h2-13H,14H2,1H3,(H,28,32)/b21-13-. The fourth-order valence-electron chi connectivity index (χ4n) is 3.38. The zero-order chi connectivity index (χ0) is 25.1. The number of amides is 1. The van der Waals surface area contributed by atoms with Gasteiger partial charge in [0.2, 0.25) is 4.96 Å². The Morgan fingerprint density at radius 3 is 2.61 bits per heavy atom. The highest BCUT2D eigenvalue weighted by Crippen LogP contribution is 2.28. The normalized spacial score (nSPS) is 11.6. The number of fused-ring (bicyclic) bond motifs is 1. The van der Waals surface area contributed by atoms with Gasteiger partial charge < -0.3 is 14.8 Å². The van der Waals surface area contributed by atoms with Crippen LogP contribution in [0.4, 0.5) is 5.69 Å². The molecule has 36 heavy (non-hydrogen) atoms. The minimum absolute atomic E-state index is 0.187. The Kier molecular flexibility index (Phi) is 6.74. The van der Waals surface area contributed by atoms with Crippen LogP contribution in [0.2, 0.25) is 0 Å². The van der Waals surface area contributed by atoms with Gasteiger partial charge in [0.05, 0.1) is 11.6 Å². The molecule has 0 saturated carbocycles. The molecule has 0 radical (unpaired) electrons. The van der Waals surface area contributed by atoms with Gasteiger partial charge in [0.15, 0.2) is 23.9 Å². The van der Waals surface area contributed by atoms with Crippen molar-refractivity contribution < 1.29 is 14.3 Å². The number of rotatable bonds is 7. The lowest BCUT2D eigenvalue weighted by Gasteiger charge is -2.11. The third-order valence-corrected chi connectivity index (χ3v) is 6.58. The molecular formula is C25H18BrN5O4S. The summed E-state index contributed by atoms with van der Waals surface area (Å²) in [5.41, 5.74) is 1.93. The Hall–Kier alpha value is -4.09. The fourth-order valence-corrected chi connectivity index (χ4v) is 4.55. The minimum Gasteiger partial charge on any atom is -0.493 e. The number of carbonyl (C=O) groups excluding carboxylic acids is 1. The number of anilines is 1. The van der Waals surface area contributed by atoms with Crippen molar-refractivity contribution >= 4 is 49.9 Å². The van der Waals surface area contributed by atoms with Gasteiger partial charge in [0, 0.05) is 28.1 Å². The van der Waals surface area contributed by atoms with Crippen LogP contribution in [0.15, 0.2) is 76.3 Å². The quantitative estimate of drug-likeness (QED) is 0.322. The van der Waals surface area contributed by atoms with E-state index in [4.69, 9.17) is 9.47 Å². The number of aromatic nitrogens is 4. The van der Waals surface area contributed by atoms with E-state index >= 15 is 0 Å². The van der Waals surface area contributed by atoms with Crippen molar-refractivity contribution in [2.24, 2.45) is 0 Å². The Bertz CT molecular complexity index is 1650. The summed E-state index contributed by atoms with van der Waals surface area (Å²) < 4.78 is 13.8. The van der Waals surface area contributed by atoms with E-state index in [0.717, 1.165) is 15.6 Å². The van der Waals surface area contributed by atoms with Crippen LogP contribution in [0.1, 0.15) is 5.56 Å². The van der Waals surface area contributed by atoms with Gasteiger partial charge in [-0.05, 0) is 60.2 Å². The van der Waals surface area contributed by atoms with Gasteiger partial charge in [0.1, 0.15) is 0 Å². The monoisotopic (exact) mass is 563 g/mol. The van der Waals surface area contributed by atoms with Crippen LogP contribution in [0.3, 0.4) is 0 Å². The second-order valence-corrected chi connectivity index (χ2v) is 9.46. The van der Waals surface area contributed by atoms with Crippen molar-refractivity contribution in [2.75, 3.05) is 19.0 Å². The zero-order valence-corrected chi connectivity index (χ0v) is 21.2. The molecule has 9 nitrogen and oxygen atoms in total. The molecule has 180 valence electrons. The molecule has 0 unspecified atom stereocenters. The number of nitrogens with zero attached hydrogens (tertiary/aromatic N) is 4. The lowest BCUT2D eigenvalue weighted by molar-refractivity contribution is -0.118. The summed E-state index contributed by atoms with van der Waals surface area (Å²) in [5, 5.41) is 7.11. The smallest absolute Gasteiger partial charge is 0.291 e. The molecule has 0 saturated heterocycles. The molecule has 0 aliphatic heterocycles. The van der Waals surface area contributed by atoms with Crippen LogP contribution >= 0.6 is 27.3 Å². The topological polar surface area (TPSA) is 108 Å². The SMILES string of the molecule is COc1cc(/C=c2\sc3nc(-c4ccncc4)nn3c2=O)ccc1OCC(=O)Nc1ccc(Br)cc1. The molecule has 5 aromatic rings. The molecule has 3 aromatic heterocycles. The second-order valence-electron chi connectivity index (χ2n) is 7.54. The van der Waals surface area contributed by atoms with E-state index < -0.39 is 0 Å². The van der Waals surface area contributed by atoms with Crippen molar-refractivity contribution in [2.45, 2.75) is 0 Å². The van der Waals surface area contributed by atoms with Gasteiger partial charge in [-0.1, -0.05) is 33.3 Å². The summed E-state index contributed by atoms with van der Waals surface area (Å²) in [7, 11) is 1.51. The Labute approximate surface area is 217 Å². The van der Waals surface area contributed by atoms with E-state index in [1.54, 1.807) is 60.9 Å². The maximum atomic E-state index is 12.9. The first kappa shape index (κ1) is 23.6. The van der Waals surface area contributed by atoms with Crippen LogP contribution in [0.25, 0.3) is 22.4 Å². The van der Waals surface area contributed by atoms with Gasteiger partial charge in [-0.3, -0.25) is 14.6 Å². The van der Waals surface area contributed by atoms with Gasteiger partial charge in [-0.25, -0.2) is 0 Å². The lowest BCUT2D eigenvalue weighted by atomic mass is 10.2.